The zero-order valence-corrected chi connectivity index (χ0v) is 14.8. The summed E-state index contributed by atoms with van der Waals surface area (Å²) < 4.78 is 1.13. The third kappa shape index (κ3) is 3.40. The Morgan fingerprint density at radius 2 is 1.83 bits per heavy atom. The molecule has 0 aliphatic carbocycles. The molecule has 1 aromatic heterocycles. The van der Waals surface area contributed by atoms with Gasteiger partial charge in [0.25, 0.3) is 0 Å². The summed E-state index contributed by atoms with van der Waals surface area (Å²) in [6.07, 6.45) is 5.60. The summed E-state index contributed by atoms with van der Waals surface area (Å²) in [4.78, 5) is 14.2. The molecule has 120 valence electrons. The van der Waals surface area contributed by atoms with Crippen LogP contribution in [0.5, 0.6) is 0 Å². The molecule has 5 heteroatoms. The van der Waals surface area contributed by atoms with E-state index in [0.29, 0.717) is 0 Å². The summed E-state index contributed by atoms with van der Waals surface area (Å²) in [5, 5.41) is 0. The summed E-state index contributed by atoms with van der Waals surface area (Å²) in [6, 6.07) is 8.59. The molecule has 2 aliphatic heterocycles. The number of anilines is 1. The first-order valence-electron chi connectivity index (χ1n) is 8.34. The zero-order valence-electron chi connectivity index (χ0n) is 13.2. The van der Waals surface area contributed by atoms with Gasteiger partial charge in [-0.15, -0.1) is 0 Å². The number of nitrogens with zero attached hydrogens (tertiary/aromatic N) is 4. The molecule has 1 aromatic carbocycles. The van der Waals surface area contributed by atoms with E-state index in [-0.39, 0.29) is 0 Å². The molecule has 0 N–H and O–H groups in total. The maximum absolute atomic E-state index is 4.83. The number of halogens is 1. The van der Waals surface area contributed by atoms with Gasteiger partial charge in [-0.25, -0.2) is 9.97 Å². The van der Waals surface area contributed by atoms with Gasteiger partial charge in [-0.05, 0) is 30.5 Å². The van der Waals surface area contributed by atoms with Crippen molar-refractivity contribution in [2.24, 2.45) is 0 Å². The maximum Gasteiger partial charge on any atom is 0.225 e. The first kappa shape index (κ1) is 15.1. The third-order valence-electron chi connectivity index (χ3n) is 4.71. The van der Waals surface area contributed by atoms with Crippen LogP contribution in [-0.2, 0) is 19.5 Å². The molecule has 0 amide bonds. The van der Waals surface area contributed by atoms with Crippen LogP contribution in [0, 0.1) is 0 Å². The van der Waals surface area contributed by atoms with Crippen LogP contribution in [0.3, 0.4) is 0 Å². The molecule has 2 aliphatic rings. The molecule has 3 heterocycles. The molecule has 2 aromatic rings. The number of fused-ring (bicyclic) bond motifs is 1. The quantitative estimate of drug-likeness (QED) is 0.826. The van der Waals surface area contributed by atoms with Crippen LogP contribution < -0.4 is 4.90 Å². The fourth-order valence-electron chi connectivity index (χ4n) is 3.42. The molecule has 1 fully saturated rings. The molecule has 0 unspecified atom stereocenters. The van der Waals surface area contributed by atoms with Gasteiger partial charge in [-0.1, -0.05) is 28.1 Å². The number of benzene rings is 1. The van der Waals surface area contributed by atoms with Crippen molar-refractivity contribution in [3.8, 4) is 0 Å². The molecular formula is C18H21BrN4. The summed E-state index contributed by atoms with van der Waals surface area (Å²) in [5.74, 6) is 0.933. The predicted molar refractivity (Wildman–Crippen MR) is 95.4 cm³/mol. The van der Waals surface area contributed by atoms with Gasteiger partial charge >= 0.3 is 0 Å². The van der Waals surface area contributed by atoms with Crippen LogP contribution in [0.1, 0.15) is 29.7 Å². The van der Waals surface area contributed by atoms with Gasteiger partial charge in [0.05, 0.1) is 5.69 Å². The van der Waals surface area contributed by atoms with Gasteiger partial charge in [0, 0.05) is 55.4 Å². The molecular weight excluding hydrogens is 352 g/mol. The van der Waals surface area contributed by atoms with E-state index in [0.717, 1.165) is 49.6 Å². The predicted octanol–water partition coefficient (Wildman–Crippen LogP) is 3.40. The minimum atomic E-state index is 0.933. The lowest BCUT2D eigenvalue weighted by atomic mass is 10.1. The number of hydrogen-bond donors (Lipinski definition) is 0. The van der Waals surface area contributed by atoms with E-state index in [1.165, 1.54) is 29.7 Å². The molecule has 0 spiro atoms. The van der Waals surface area contributed by atoms with Crippen molar-refractivity contribution in [2.45, 2.75) is 32.4 Å². The second-order valence-corrected chi connectivity index (χ2v) is 7.34. The minimum Gasteiger partial charge on any atom is -0.341 e. The molecule has 0 atom stereocenters. The van der Waals surface area contributed by atoms with Gasteiger partial charge < -0.3 is 4.90 Å². The SMILES string of the molecule is Brc1ccc(CN2CCc3nc(N4CCCC4)ncc3C2)cc1. The smallest absolute Gasteiger partial charge is 0.225 e. The van der Waals surface area contributed by atoms with Gasteiger partial charge in [-0.2, -0.15) is 0 Å². The monoisotopic (exact) mass is 372 g/mol. The summed E-state index contributed by atoms with van der Waals surface area (Å²) in [7, 11) is 0. The van der Waals surface area contributed by atoms with E-state index in [1.54, 1.807) is 0 Å². The Morgan fingerprint density at radius 1 is 1.04 bits per heavy atom. The highest BCUT2D eigenvalue weighted by molar-refractivity contribution is 9.10. The van der Waals surface area contributed by atoms with Gasteiger partial charge in [0.1, 0.15) is 0 Å². The van der Waals surface area contributed by atoms with Crippen LogP contribution in [0.25, 0.3) is 0 Å². The highest BCUT2D eigenvalue weighted by Crippen LogP contribution is 2.22. The lowest BCUT2D eigenvalue weighted by Crippen LogP contribution is -2.31. The molecule has 4 rings (SSSR count). The second-order valence-electron chi connectivity index (χ2n) is 6.42. The fourth-order valence-corrected chi connectivity index (χ4v) is 3.68. The molecule has 0 radical (unpaired) electrons. The first-order chi connectivity index (χ1) is 11.3. The van der Waals surface area contributed by atoms with Crippen LogP contribution in [0.2, 0.25) is 0 Å². The van der Waals surface area contributed by atoms with Crippen LogP contribution in [-0.4, -0.2) is 34.5 Å². The number of rotatable bonds is 3. The number of hydrogen-bond acceptors (Lipinski definition) is 4. The normalized spacial score (nSPS) is 18.2. The number of aromatic nitrogens is 2. The Morgan fingerprint density at radius 3 is 2.61 bits per heavy atom. The maximum atomic E-state index is 4.83. The van der Waals surface area contributed by atoms with Crippen LogP contribution >= 0.6 is 15.9 Å². The third-order valence-corrected chi connectivity index (χ3v) is 5.24. The van der Waals surface area contributed by atoms with Gasteiger partial charge in [0.2, 0.25) is 5.95 Å². The summed E-state index contributed by atoms with van der Waals surface area (Å²) in [5.41, 5.74) is 3.89. The van der Waals surface area contributed by atoms with E-state index >= 15 is 0 Å². The van der Waals surface area contributed by atoms with E-state index in [1.807, 2.05) is 6.20 Å². The summed E-state index contributed by atoms with van der Waals surface area (Å²) in [6.45, 7) is 5.22. The Bertz CT molecular complexity index is 680. The van der Waals surface area contributed by atoms with Crippen molar-refractivity contribution in [1.82, 2.24) is 14.9 Å². The van der Waals surface area contributed by atoms with E-state index < -0.39 is 0 Å². The van der Waals surface area contributed by atoms with E-state index in [2.05, 4.69) is 55.0 Å². The molecule has 0 saturated carbocycles. The molecule has 4 nitrogen and oxygen atoms in total. The lowest BCUT2D eigenvalue weighted by molar-refractivity contribution is 0.243. The largest absolute Gasteiger partial charge is 0.341 e. The lowest BCUT2D eigenvalue weighted by Gasteiger charge is -2.28. The molecule has 23 heavy (non-hydrogen) atoms. The molecule has 0 bridgehead atoms. The zero-order chi connectivity index (χ0) is 15.6. The highest BCUT2D eigenvalue weighted by Gasteiger charge is 2.21. The Hall–Kier alpha value is -1.46. The minimum absolute atomic E-state index is 0.933. The summed E-state index contributed by atoms with van der Waals surface area (Å²) >= 11 is 3.49. The van der Waals surface area contributed by atoms with Crippen molar-refractivity contribution < 1.29 is 0 Å². The average Bonchev–Trinajstić information content (AvgIpc) is 3.11. The van der Waals surface area contributed by atoms with Crippen molar-refractivity contribution in [3.05, 3.63) is 51.8 Å². The highest BCUT2D eigenvalue weighted by atomic mass is 79.9. The fraction of sp³-hybridized carbons (Fsp3) is 0.444. The van der Waals surface area contributed by atoms with Gasteiger partial charge in [-0.3, -0.25) is 4.90 Å². The first-order valence-corrected chi connectivity index (χ1v) is 9.14. The van der Waals surface area contributed by atoms with Crippen molar-refractivity contribution in [1.29, 1.82) is 0 Å². The standard InChI is InChI=1S/C18H21BrN4/c19-16-5-3-14(4-6-16)12-22-10-7-17-15(13-22)11-20-18(21-17)23-8-1-2-9-23/h3-6,11H,1-2,7-10,12-13H2. The van der Waals surface area contributed by atoms with Crippen molar-refractivity contribution in [2.75, 3.05) is 24.5 Å². The second kappa shape index (κ2) is 6.57. The topological polar surface area (TPSA) is 32.3 Å². The van der Waals surface area contributed by atoms with E-state index in [4.69, 9.17) is 4.98 Å². The Kier molecular flexibility index (Phi) is 4.31. The average molecular weight is 373 g/mol. The van der Waals surface area contributed by atoms with Crippen molar-refractivity contribution >= 4 is 21.9 Å². The van der Waals surface area contributed by atoms with Gasteiger partial charge in [0.15, 0.2) is 0 Å². The Balaban J connectivity index is 1.45. The van der Waals surface area contributed by atoms with Crippen LogP contribution in [0.4, 0.5) is 5.95 Å². The Labute approximate surface area is 145 Å². The van der Waals surface area contributed by atoms with Crippen molar-refractivity contribution in [3.63, 3.8) is 0 Å². The molecule has 1 saturated heterocycles. The van der Waals surface area contributed by atoms with E-state index in [9.17, 15) is 0 Å². The van der Waals surface area contributed by atoms with Crippen LogP contribution in [0.15, 0.2) is 34.9 Å².